The SMILES string of the molecule is CN(CCc1ccc(C(C(=O)O)N(c2ccc3cnccc3c2)N(C(=O)OC(C)(C)C)C(=O)OC(C)(C)C)cc1)C(=O)Nc1cccc(CN)c1. The molecule has 4 N–H and O–H groups in total. The first-order chi connectivity index (χ1) is 24.0. The fraction of sp³-hybridized carbons (Fsp3) is 0.342. The van der Waals surface area contributed by atoms with Crippen molar-refractivity contribution in [3.05, 3.63) is 102 Å². The second kappa shape index (κ2) is 15.9. The van der Waals surface area contributed by atoms with E-state index in [1.54, 1.807) is 120 Å². The highest BCUT2D eigenvalue weighted by Gasteiger charge is 2.42. The first-order valence-corrected chi connectivity index (χ1v) is 16.5. The third-order valence-corrected chi connectivity index (χ3v) is 7.51. The molecule has 4 rings (SSSR count). The van der Waals surface area contributed by atoms with E-state index >= 15 is 0 Å². The summed E-state index contributed by atoms with van der Waals surface area (Å²) < 4.78 is 11.3. The monoisotopic (exact) mass is 698 g/mol. The van der Waals surface area contributed by atoms with Crippen LogP contribution < -0.4 is 16.1 Å². The minimum Gasteiger partial charge on any atom is -0.479 e. The highest BCUT2D eigenvalue weighted by Crippen LogP contribution is 2.34. The molecule has 0 saturated heterocycles. The van der Waals surface area contributed by atoms with Crippen LogP contribution in [0.4, 0.5) is 25.8 Å². The molecule has 1 aromatic heterocycles. The molecule has 0 bridgehead atoms. The van der Waals surface area contributed by atoms with Gasteiger partial charge in [-0.15, -0.1) is 5.01 Å². The zero-order chi connectivity index (χ0) is 37.5. The summed E-state index contributed by atoms with van der Waals surface area (Å²) >= 11 is 0. The Labute approximate surface area is 297 Å². The summed E-state index contributed by atoms with van der Waals surface area (Å²) in [5.74, 6) is -1.34. The zero-order valence-corrected chi connectivity index (χ0v) is 30.0. The number of fused-ring (bicyclic) bond motifs is 1. The largest absolute Gasteiger partial charge is 0.479 e. The lowest BCUT2D eigenvalue weighted by Gasteiger charge is -2.39. The lowest BCUT2D eigenvalue weighted by atomic mass is 10.0. The average molecular weight is 699 g/mol. The molecule has 3 aromatic carbocycles. The zero-order valence-electron chi connectivity index (χ0n) is 30.0. The Morgan fingerprint density at radius 3 is 2.08 bits per heavy atom. The number of anilines is 2. The van der Waals surface area contributed by atoms with Gasteiger partial charge in [0.2, 0.25) is 0 Å². The molecule has 0 spiro atoms. The molecule has 270 valence electrons. The molecule has 0 aliphatic carbocycles. The van der Waals surface area contributed by atoms with Gasteiger partial charge in [0, 0.05) is 43.6 Å². The molecule has 0 aliphatic heterocycles. The van der Waals surface area contributed by atoms with E-state index in [1.165, 1.54) is 0 Å². The number of hydrazine groups is 1. The predicted octanol–water partition coefficient (Wildman–Crippen LogP) is 7.12. The summed E-state index contributed by atoms with van der Waals surface area (Å²) in [5.41, 5.74) is 6.49. The third-order valence-electron chi connectivity index (χ3n) is 7.51. The molecule has 4 aromatic rings. The second-order valence-electron chi connectivity index (χ2n) is 14.0. The van der Waals surface area contributed by atoms with E-state index in [4.69, 9.17) is 15.2 Å². The molecular weight excluding hydrogens is 652 g/mol. The number of hydrogen-bond donors (Lipinski definition) is 3. The maximum absolute atomic E-state index is 13.8. The van der Waals surface area contributed by atoms with Gasteiger partial charge in [-0.05, 0) is 100 Å². The van der Waals surface area contributed by atoms with E-state index in [2.05, 4.69) is 10.3 Å². The van der Waals surface area contributed by atoms with Crippen LogP contribution >= 0.6 is 0 Å². The highest BCUT2D eigenvalue weighted by molar-refractivity contribution is 5.94. The number of nitrogens with one attached hydrogen (secondary N) is 1. The van der Waals surface area contributed by atoms with Crippen molar-refractivity contribution in [1.82, 2.24) is 14.9 Å². The summed E-state index contributed by atoms with van der Waals surface area (Å²) in [6, 6.07) is 18.9. The van der Waals surface area contributed by atoms with E-state index < -0.39 is 35.4 Å². The van der Waals surface area contributed by atoms with Gasteiger partial charge in [0.15, 0.2) is 6.04 Å². The number of ether oxygens (including phenoxy) is 2. The number of benzene rings is 3. The van der Waals surface area contributed by atoms with E-state index in [1.807, 2.05) is 18.2 Å². The Morgan fingerprint density at radius 1 is 0.843 bits per heavy atom. The summed E-state index contributed by atoms with van der Waals surface area (Å²) in [7, 11) is 1.68. The van der Waals surface area contributed by atoms with Gasteiger partial charge in [-0.1, -0.05) is 42.5 Å². The molecule has 1 unspecified atom stereocenters. The molecular formula is C38H46N6O7. The Hall–Kier alpha value is -5.69. The number of rotatable bonds is 10. The van der Waals surface area contributed by atoms with Crippen LogP contribution in [0, 0.1) is 0 Å². The van der Waals surface area contributed by atoms with Gasteiger partial charge in [-0.2, -0.15) is 0 Å². The molecule has 0 saturated carbocycles. The van der Waals surface area contributed by atoms with Crippen molar-refractivity contribution in [1.29, 1.82) is 0 Å². The van der Waals surface area contributed by atoms with Crippen molar-refractivity contribution < 1.29 is 33.8 Å². The number of imide groups is 1. The van der Waals surface area contributed by atoms with Gasteiger partial charge in [-0.25, -0.2) is 19.2 Å². The van der Waals surface area contributed by atoms with Crippen LogP contribution in [-0.4, -0.2) is 69.0 Å². The molecule has 0 radical (unpaired) electrons. The highest BCUT2D eigenvalue weighted by atomic mass is 16.6. The second-order valence-corrected chi connectivity index (χ2v) is 14.0. The van der Waals surface area contributed by atoms with E-state index in [0.29, 0.717) is 35.6 Å². The number of urea groups is 1. The van der Waals surface area contributed by atoms with Crippen LogP contribution in [-0.2, 0) is 27.2 Å². The van der Waals surface area contributed by atoms with E-state index in [0.717, 1.165) is 21.5 Å². The maximum atomic E-state index is 13.8. The average Bonchev–Trinajstić information content (AvgIpc) is 3.05. The predicted molar refractivity (Wildman–Crippen MR) is 195 cm³/mol. The quantitative estimate of drug-likeness (QED) is 0.145. The molecule has 0 aliphatic rings. The van der Waals surface area contributed by atoms with Crippen molar-refractivity contribution in [2.45, 2.75) is 71.8 Å². The standard InChI is InChI=1S/C38H46N6O7/c1-37(2,3)50-35(48)44(36(49)51-38(4,5)6)43(31-16-15-29-24-40-19-17-28(29)22-31)32(33(45)46)27-13-11-25(12-14-27)18-20-42(7)34(47)41-30-10-8-9-26(21-30)23-39/h8-17,19,21-22,24,32H,18,20,23,39H2,1-7H3,(H,41,47)(H,45,46). The lowest BCUT2D eigenvalue weighted by molar-refractivity contribution is -0.139. The number of likely N-dealkylation sites (N-methyl/N-ethyl adjacent to an activating group) is 1. The summed E-state index contributed by atoms with van der Waals surface area (Å²) in [4.78, 5) is 59.4. The number of pyridine rings is 1. The number of carboxylic acid groups (broad SMARTS) is 1. The molecule has 13 heteroatoms. The Kier molecular flexibility index (Phi) is 11.9. The van der Waals surface area contributed by atoms with Gasteiger partial charge in [0.1, 0.15) is 11.2 Å². The van der Waals surface area contributed by atoms with Gasteiger partial charge < -0.3 is 30.5 Å². The van der Waals surface area contributed by atoms with E-state index in [9.17, 15) is 24.3 Å². The third kappa shape index (κ3) is 10.4. The number of carbonyl (C=O) groups excluding carboxylic acids is 3. The summed E-state index contributed by atoms with van der Waals surface area (Å²) in [5, 5.41) is 16.8. The van der Waals surface area contributed by atoms with Gasteiger partial charge in [-0.3, -0.25) is 9.99 Å². The van der Waals surface area contributed by atoms with E-state index in [-0.39, 0.29) is 17.3 Å². The molecule has 1 heterocycles. The van der Waals surface area contributed by atoms with Gasteiger partial charge in [0.25, 0.3) is 0 Å². The number of nitrogens with two attached hydrogens (primary N) is 1. The smallest absolute Gasteiger partial charge is 0.439 e. The van der Waals surface area contributed by atoms with Crippen LogP contribution in [0.25, 0.3) is 10.8 Å². The van der Waals surface area contributed by atoms with Crippen LogP contribution in [0.15, 0.2) is 85.2 Å². The Bertz CT molecular complexity index is 1840. The van der Waals surface area contributed by atoms with Gasteiger partial charge in [0.05, 0.1) is 5.69 Å². The Morgan fingerprint density at radius 2 is 1.49 bits per heavy atom. The fourth-order valence-corrected chi connectivity index (χ4v) is 5.10. The van der Waals surface area contributed by atoms with Crippen molar-refractivity contribution in [3.8, 4) is 0 Å². The summed E-state index contributed by atoms with van der Waals surface area (Å²) in [6.07, 6.45) is 1.46. The maximum Gasteiger partial charge on any atom is 0.439 e. The van der Waals surface area contributed by atoms with Crippen LogP contribution in [0.2, 0.25) is 0 Å². The fourth-order valence-electron chi connectivity index (χ4n) is 5.10. The molecule has 51 heavy (non-hydrogen) atoms. The molecule has 1 atom stereocenters. The van der Waals surface area contributed by atoms with Crippen LogP contribution in [0.3, 0.4) is 0 Å². The minimum absolute atomic E-state index is 0.214. The minimum atomic E-state index is -1.59. The number of carboxylic acids is 1. The number of aliphatic carboxylic acids is 1. The topological polar surface area (TPSA) is 168 Å². The number of nitrogens with zero attached hydrogens (tertiary/aromatic N) is 4. The first kappa shape index (κ1) is 38.1. The molecule has 0 fully saturated rings. The van der Waals surface area contributed by atoms with Gasteiger partial charge >= 0.3 is 24.2 Å². The van der Waals surface area contributed by atoms with Crippen LogP contribution in [0.1, 0.15) is 64.3 Å². The van der Waals surface area contributed by atoms with Crippen molar-refractivity contribution in [2.75, 3.05) is 23.9 Å². The lowest BCUT2D eigenvalue weighted by Crippen LogP contribution is -2.56. The van der Waals surface area contributed by atoms with Crippen molar-refractivity contribution >= 4 is 46.3 Å². The number of carbonyl (C=O) groups is 4. The molecule has 13 nitrogen and oxygen atoms in total. The number of amides is 4. The summed E-state index contributed by atoms with van der Waals surface area (Å²) in [6.45, 7) is 10.6. The van der Waals surface area contributed by atoms with Crippen LogP contribution in [0.5, 0.6) is 0 Å². The number of aromatic nitrogens is 1. The normalized spacial score (nSPS) is 12.1. The first-order valence-electron chi connectivity index (χ1n) is 16.5. The van der Waals surface area contributed by atoms with Crippen molar-refractivity contribution in [2.24, 2.45) is 5.73 Å². The van der Waals surface area contributed by atoms with Crippen molar-refractivity contribution in [3.63, 3.8) is 0 Å². The Balaban J connectivity index is 1.68. The number of hydrogen-bond acceptors (Lipinski definition) is 9. The molecule has 4 amide bonds.